The van der Waals surface area contributed by atoms with Gasteiger partial charge < -0.3 is 15.1 Å². The highest BCUT2D eigenvalue weighted by Crippen LogP contribution is 2.24. The lowest BCUT2D eigenvalue weighted by Gasteiger charge is -2.33. The second-order valence-corrected chi connectivity index (χ2v) is 7.32. The molecule has 6 heteroatoms. The van der Waals surface area contributed by atoms with Gasteiger partial charge in [-0.25, -0.2) is 4.99 Å². The van der Waals surface area contributed by atoms with Gasteiger partial charge in [0.1, 0.15) is 5.76 Å². The van der Waals surface area contributed by atoms with E-state index in [1.807, 2.05) is 6.07 Å². The van der Waals surface area contributed by atoms with Gasteiger partial charge in [0, 0.05) is 18.0 Å². The number of piperidine rings is 1. The van der Waals surface area contributed by atoms with Crippen molar-refractivity contribution in [1.82, 2.24) is 15.5 Å². The molecule has 1 aliphatic heterocycles. The lowest BCUT2D eigenvalue weighted by Crippen LogP contribution is -2.44. The maximum Gasteiger partial charge on any atom is 0.191 e. The first-order valence-corrected chi connectivity index (χ1v) is 10.1. The van der Waals surface area contributed by atoms with Crippen LogP contribution in [0.3, 0.4) is 0 Å². The van der Waals surface area contributed by atoms with Crippen LogP contribution in [0.15, 0.2) is 45.3 Å². The normalized spacial score (nSPS) is 17.4. The van der Waals surface area contributed by atoms with E-state index in [2.05, 4.69) is 46.0 Å². The van der Waals surface area contributed by atoms with Crippen LogP contribution in [0.1, 0.15) is 42.9 Å². The summed E-state index contributed by atoms with van der Waals surface area (Å²) >= 11 is 1.74. The van der Waals surface area contributed by atoms with Crippen LogP contribution in [-0.2, 0) is 6.54 Å². The third-order valence-corrected chi connectivity index (χ3v) is 5.34. The predicted octanol–water partition coefficient (Wildman–Crippen LogP) is 3.62. The van der Waals surface area contributed by atoms with Crippen LogP contribution < -0.4 is 10.6 Å². The average Bonchev–Trinajstić information content (AvgIpc) is 3.35. The topological polar surface area (TPSA) is 52.8 Å². The number of thiophene rings is 1. The molecule has 2 aromatic rings. The monoisotopic (exact) mass is 360 g/mol. The number of likely N-dealkylation sites (tertiary alicyclic amines) is 1. The number of guanidine groups is 1. The molecule has 1 atom stereocenters. The molecule has 2 aromatic heterocycles. The predicted molar refractivity (Wildman–Crippen MR) is 104 cm³/mol. The SMILES string of the molecule is CCNC(=NCc1cccs1)NCC(c1ccco1)N1CCCCC1. The van der Waals surface area contributed by atoms with E-state index in [4.69, 9.17) is 9.41 Å². The van der Waals surface area contributed by atoms with Crippen molar-refractivity contribution in [3.8, 4) is 0 Å². The van der Waals surface area contributed by atoms with E-state index >= 15 is 0 Å². The zero-order valence-electron chi connectivity index (χ0n) is 14.9. The van der Waals surface area contributed by atoms with E-state index in [0.717, 1.165) is 37.9 Å². The number of rotatable bonds is 7. The molecule has 0 bridgehead atoms. The fourth-order valence-electron chi connectivity index (χ4n) is 3.22. The highest BCUT2D eigenvalue weighted by atomic mass is 32.1. The molecule has 0 aliphatic carbocycles. The molecule has 0 amide bonds. The van der Waals surface area contributed by atoms with Gasteiger partial charge in [-0.15, -0.1) is 11.3 Å². The molecular weight excluding hydrogens is 332 g/mol. The number of furan rings is 1. The van der Waals surface area contributed by atoms with Crippen molar-refractivity contribution in [2.75, 3.05) is 26.2 Å². The van der Waals surface area contributed by atoms with Crippen LogP contribution in [0, 0.1) is 0 Å². The molecule has 3 heterocycles. The Hall–Kier alpha value is -1.79. The van der Waals surface area contributed by atoms with Gasteiger partial charge in [0.2, 0.25) is 0 Å². The first kappa shape index (κ1) is 18.0. The van der Waals surface area contributed by atoms with Gasteiger partial charge in [-0.1, -0.05) is 12.5 Å². The molecule has 0 radical (unpaired) electrons. The van der Waals surface area contributed by atoms with Crippen molar-refractivity contribution in [2.24, 2.45) is 4.99 Å². The first-order chi connectivity index (χ1) is 12.4. The number of aliphatic imine (C=N–C) groups is 1. The number of nitrogens with one attached hydrogen (secondary N) is 2. The van der Waals surface area contributed by atoms with E-state index in [1.54, 1.807) is 17.6 Å². The molecule has 1 saturated heterocycles. The summed E-state index contributed by atoms with van der Waals surface area (Å²) in [5.74, 6) is 1.90. The molecule has 0 saturated carbocycles. The Labute approximate surface area is 154 Å². The Balaban J connectivity index is 1.64. The summed E-state index contributed by atoms with van der Waals surface area (Å²) in [4.78, 5) is 8.51. The summed E-state index contributed by atoms with van der Waals surface area (Å²) in [5.41, 5.74) is 0. The van der Waals surface area contributed by atoms with Gasteiger partial charge in [-0.2, -0.15) is 0 Å². The third-order valence-electron chi connectivity index (χ3n) is 4.48. The number of nitrogens with zero attached hydrogens (tertiary/aromatic N) is 2. The molecule has 1 fully saturated rings. The summed E-state index contributed by atoms with van der Waals surface area (Å²) in [6.07, 6.45) is 5.63. The van der Waals surface area contributed by atoms with E-state index in [-0.39, 0.29) is 6.04 Å². The fraction of sp³-hybridized carbons (Fsp3) is 0.526. The molecule has 0 spiro atoms. The maximum atomic E-state index is 5.72. The van der Waals surface area contributed by atoms with Gasteiger partial charge in [-0.3, -0.25) is 4.90 Å². The molecule has 0 aromatic carbocycles. The summed E-state index contributed by atoms with van der Waals surface area (Å²) in [6.45, 7) is 6.72. The highest BCUT2D eigenvalue weighted by molar-refractivity contribution is 7.09. The van der Waals surface area contributed by atoms with Crippen LogP contribution in [0.5, 0.6) is 0 Å². The van der Waals surface area contributed by atoms with Crippen molar-refractivity contribution in [2.45, 2.75) is 38.8 Å². The van der Waals surface area contributed by atoms with Crippen molar-refractivity contribution < 1.29 is 4.42 Å². The minimum atomic E-state index is 0.251. The molecular formula is C19H28N4OS. The molecule has 1 unspecified atom stereocenters. The van der Waals surface area contributed by atoms with Crippen LogP contribution in [-0.4, -0.2) is 37.0 Å². The molecule has 2 N–H and O–H groups in total. The van der Waals surface area contributed by atoms with E-state index in [1.165, 1.54) is 24.1 Å². The summed E-state index contributed by atoms with van der Waals surface area (Å²) in [7, 11) is 0. The average molecular weight is 361 g/mol. The summed E-state index contributed by atoms with van der Waals surface area (Å²) in [6, 6.07) is 8.50. The van der Waals surface area contributed by atoms with E-state index < -0.39 is 0 Å². The van der Waals surface area contributed by atoms with Crippen molar-refractivity contribution >= 4 is 17.3 Å². The molecule has 3 rings (SSSR count). The van der Waals surface area contributed by atoms with Crippen molar-refractivity contribution in [3.05, 3.63) is 46.5 Å². The molecule has 1 aliphatic rings. The van der Waals surface area contributed by atoms with Gasteiger partial charge in [-0.05, 0) is 56.4 Å². The Kier molecular flexibility index (Phi) is 6.94. The van der Waals surface area contributed by atoms with Crippen LogP contribution in [0.25, 0.3) is 0 Å². The van der Waals surface area contributed by atoms with Crippen LogP contribution in [0.4, 0.5) is 0 Å². The zero-order valence-corrected chi connectivity index (χ0v) is 15.7. The van der Waals surface area contributed by atoms with Crippen LogP contribution >= 0.6 is 11.3 Å². The second-order valence-electron chi connectivity index (χ2n) is 6.28. The molecule has 136 valence electrons. The van der Waals surface area contributed by atoms with Gasteiger partial charge in [0.25, 0.3) is 0 Å². The second kappa shape index (κ2) is 9.63. The van der Waals surface area contributed by atoms with Gasteiger partial charge in [0.15, 0.2) is 5.96 Å². The Bertz CT molecular complexity index is 618. The minimum Gasteiger partial charge on any atom is -0.468 e. The quantitative estimate of drug-likeness (QED) is 0.585. The zero-order chi connectivity index (χ0) is 17.3. The van der Waals surface area contributed by atoms with E-state index in [0.29, 0.717) is 6.54 Å². The lowest BCUT2D eigenvalue weighted by atomic mass is 10.1. The Morgan fingerprint density at radius 1 is 1.24 bits per heavy atom. The Morgan fingerprint density at radius 2 is 2.12 bits per heavy atom. The maximum absolute atomic E-state index is 5.72. The fourth-order valence-corrected chi connectivity index (χ4v) is 3.84. The highest BCUT2D eigenvalue weighted by Gasteiger charge is 2.24. The smallest absolute Gasteiger partial charge is 0.191 e. The van der Waals surface area contributed by atoms with Crippen molar-refractivity contribution in [3.63, 3.8) is 0 Å². The molecule has 25 heavy (non-hydrogen) atoms. The first-order valence-electron chi connectivity index (χ1n) is 9.19. The van der Waals surface area contributed by atoms with Crippen LogP contribution in [0.2, 0.25) is 0 Å². The van der Waals surface area contributed by atoms with Gasteiger partial charge >= 0.3 is 0 Å². The third kappa shape index (κ3) is 5.34. The Morgan fingerprint density at radius 3 is 2.80 bits per heavy atom. The van der Waals surface area contributed by atoms with Crippen molar-refractivity contribution in [1.29, 1.82) is 0 Å². The number of hydrogen-bond acceptors (Lipinski definition) is 4. The van der Waals surface area contributed by atoms with E-state index in [9.17, 15) is 0 Å². The minimum absolute atomic E-state index is 0.251. The lowest BCUT2D eigenvalue weighted by molar-refractivity contribution is 0.146. The summed E-state index contributed by atoms with van der Waals surface area (Å²) < 4.78 is 5.72. The molecule has 5 nitrogen and oxygen atoms in total. The standard InChI is InChI=1S/C19H28N4OS/c1-2-20-19(21-14-16-8-7-13-25-16)22-15-17(18-9-6-12-24-18)23-10-4-3-5-11-23/h6-9,12-13,17H,2-5,10-11,14-15H2,1H3,(H2,20,21,22). The largest absolute Gasteiger partial charge is 0.468 e. The number of hydrogen-bond donors (Lipinski definition) is 2. The van der Waals surface area contributed by atoms with Gasteiger partial charge in [0.05, 0.1) is 18.8 Å². The summed E-state index contributed by atoms with van der Waals surface area (Å²) in [5, 5.41) is 8.95.